The first-order valence-electron chi connectivity index (χ1n) is 14.5. The monoisotopic (exact) mass is 492 g/mol. The molecule has 1 aliphatic heterocycles. The van der Waals surface area contributed by atoms with Gasteiger partial charge in [0, 0.05) is 36.1 Å². The molecule has 1 atom stereocenters. The molecule has 1 unspecified atom stereocenters. The van der Waals surface area contributed by atoms with Crippen molar-refractivity contribution >= 4 is 16.8 Å². The first-order valence-corrected chi connectivity index (χ1v) is 14.5. The molecule has 1 fully saturated rings. The predicted octanol–water partition coefficient (Wildman–Crippen LogP) is 8.52. The van der Waals surface area contributed by atoms with Crippen LogP contribution >= 0.6 is 0 Å². The summed E-state index contributed by atoms with van der Waals surface area (Å²) in [6.07, 6.45) is 28.6. The van der Waals surface area contributed by atoms with Gasteiger partial charge >= 0.3 is 0 Å². The number of nitrogens with one attached hydrogen (secondary N) is 1. The van der Waals surface area contributed by atoms with E-state index in [1.807, 2.05) is 6.07 Å². The molecule has 1 aromatic heterocycles. The molecule has 1 amide bonds. The molecule has 1 aliphatic rings. The average molecular weight is 493 g/mol. The number of fused-ring (bicyclic) bond motifs is 1. The molecule has 1 aromatic carbocycles. The Balaban J connectivity index is 1.28. The van der Waals surface area contributed by atoms with Gasteiger partial charge in [-0.1, -0.05) is 63.3 Å². The third-order valence-corrected chi connectivity index (χ3v) is 7.47. The zero-order valence-electron chi connectivity index (χ0n) is 22.8. The van der Waals surface area contributed by atoms with Crippen molar-refractivity contribution in [2.24, 2.45) is 0 Å². The first kappa shape index (κ1) is 28.1. The number of allylic oxidation sites excluding steroid dienone is 4. The molecule has 4 nitrogen and oxygen atoms in total. The van der Waals surface area contributed by atoms with E-state index in [4.69, 9.17) is 4.74 Å². The summed E-state index contributed by atoms with van der Waals surface area (Å²) in [4.78, 5) is 18.5. The topological polar surface area (TPSA) is 45.3 Å². The summed E-state index contributed by atoms with van der Waals surface area (Å²) in [6, 6.07) is 6.48. The number of unbranched alkanes of at least 4 members (excludes halogenated alkanes) is 8. The van der Waals surface area contributed by atoms with Crippen molar-refractivity contribution < 1.29 is 9.53 Å². The van der Waals surface area contributed by atoms with E-state index in [0.717, 1.165) is 56.3 Å². The van der Waals surface area contributed by atoms with Gasteiger partial charge in [-0.15, -0.1) is 0 Å². The van der Waals surface area contributed by atoms with Crippen molar-refractivity contribution in [3.05, 3.63) is 54.3 Å². The Morgan fingerprint density at radius 1 is 1.03 bits per heavy atom. The largest absolute Gasteiger partial charge is 0.497 e. The standard InChI is InChI=1S/C32H48N2O2/c1-3-4-5-6-7-8-9-10-11-12-13-14-15-16-17-20-32(35)34-23-18-19-28(34)24-27-26-33-31-22-21-29(36-2)25-30(27)31/h7-8,10-11,21-22,25-26,28,33H,3-6,9,12-20,23-24H2,1-2H3/b8-7-,11-10-. The van der Waals surface area contributed by atoms with Crippen LogP contribution in [0.3, 0.4) is 0 Å². The van der Waals surface area contributed by atoms with Gasteiger partial charge in [0.25, 0.3) is 0 Å². The van der Waals surface area contributed by atoms with Crippen molar-refractivity contribution in [1.82, 2.24) is 9.88 Å². The van der Waals surface area contributed by atoms with Crippen LogP contribution in [0.25, 0.3) is 10.9 Å². The maximum atomic E-state index is 13.0. The fraction of sp³-hybridized carbons (Fsp3) is 0.594. The summed E-state index contributed by atoms with van der Waals surface area (Å²) in [7, 11) is 1.71. The molecule has 0 spiro atoms. The van der Waals surface area contributed by atoms with Crippen LogP contribution in [0, 0.1) is 0 Å². The zero-order chi connectivity index (χ0) is 25.4. The molecule has 1 N–H and O–H groups in total. The molecule has 1 saturated heterocycles. The van der Waals surface area contributed by atoms with E-state index < -0.39 is 0 Å². The van der Waals surface area contributed by atoms with Crippen LogP contribution in [0.5, 0.6) is 5.75 Å². The van der Waals surface area contributed by atoms with Gasteiger partial charge in [-0.3, -0.25) is 4.79 Å². The molecule has 0 radical (unpaired) electrons. The van der Waals surface area contributed by atoms with E-state index >= 15 is 0 Å². The Bertz CT molecular complexity index is 958. The maximum Gasteiger partial charge on any atom is 0.222 e. The summed E-state index contributed by atoms with van der Waals surface area (Å²) in [5.74, 6) is 1.23. The van der Waals surface area contributed by atoms with Crippen LogP contribution in [-0.2, 0) is 11.2 Å². The van der Waals surface area contributed by atoms with Gasteiger partial charge in [0.1, 0.15) is 5.75 Å². The summed E-state index contributed by atoms with van der Waals surface area (Å²) >= 11 is 0. The maximum absolute atomic E-state index is 13.0. The third kappa shape index (κ3) is 9.19. The number of methoxy groups -OCH3 is 1. The van der Waals surface area contributed by atoms with E-state index in [1.165, 1.54) is 62.3 Å². The fourth-order valence-corrected chi connectivity index (χ4v) is 5.31. The highest BCUT2D eigenvalue weighted by Gasteiger charge is 2.28. The number of likely N-dealkylation sites (tertiary alicyclic amines) is 1. The lowest BCUT2D eigenvalue weighted by molar-refractivity contribution is -0.132. The molecular formula is C32H48N2O2. The number of benzene rings is 1. The molecule has 4 heteroatoms. The SMILES string of the molecule is CCCCC/C=C\C/C=C\CCCCCCCC(=O)N1CCCC1Cc1c[nH]c2ccc(OC)cc12. The molecule has 0 aliphatic carbocycles. The minimum absolute atomic E-state index is 0.320. The number of hydrogen-bond acceptors (Lipinski definition) is 2. The van der Waals surface area contributed by atoms with E-state index in [-0.39, 0.29) is 0 Å². The summed E-state index contributed by atoms with van der Waals surface area (Å²) < 4.78 is 5.41. The van der Waals surface area contributed by atoms with Gasteiger partial charge in [0.2, 0.25) is 5.91 Å². The van der Waals surface area contributed by atoms with Gasteiger partial charge < -0.3 is 14.6 Å². The fourth-order valence-electron chi connectivity index (χ4n) is 5.31. The Labute approximate surface area is 219 Å². The van der Waals surface area contributed by atoms with Gasteiger partial charge in [-0.05, 0) is 81.5 Å². The van der Waals surface area contributed by atoms with E-state index in [0.29, 0.717) is 18.4 Å². The number of amides is 1. The van der Waals surface area contributed by atoms with Crippen LogP contribution in [0.2, 0.25) is 0 Å². The average Bonchev–Trinajstić information content (AvgIpc) is 3.53. The second kappa shape index (κ2) is 16.3. The predicted molar refractivity (Wildman–Crippen MR) is 153 cm³/mol. The molecule has 36 heavy (non-hydrogen) atoms. The normalized spacial score (nSPS) is 16.2. The van der Waals surface area contributed by atoms with Crippen molar-refractivity contribution in [3.8, 4) is 5.75 Å². The van der Waals surface area contributed by atoms with E-state index in [2.05, 4.69) is 59.4 Å². The summed E-state index contributed by atoms with van der Waals surface area (Å²) in [5, 5.41) is 1.21. The van der Waals surface area contributed by atoms with Crippen molar-refractivity contribution in [2.75, 3.05) is 13.7 Å². The number of H-pyrrole nitrogens is 1. The molecule has 3 rings (SSSR count). The Morgan fingerprint density at radius 3 is 2.56 bits per heavy atom. The number of nitrogens with zero attached hydrogens (tertiary/aromatic N) is 1. The smallest absolute Gasteiger partial charge is 0.222 e. The van der Waals surface area contributed by atoms with Gasteiger partial charge in [-0.2, -0.15) is 0 Å². The zero-order valence-corrected chi connectivity index (χ0v) is 22.8. The van der Waals surface area contributed by atoms with E-state index in [9.17, 15) is 4.79 Å². The summed E-state index contributed by atoms with van der Waals surface area (Å²) in [6.45, 7) is 3.16. The van der Waals surface area contributed by atoms with Gasteiger partial charge in [0.15, 0.2) is 0 Å². The quantitative estimate of drug-likeness (QED) is 0.178. The third-order valence-electron chi connectivity index (χ3n) is 7.47. The van der Waals surface area contributed by atoms with Gasteiger partial charge in [-0.25, -0.2) is 0 Å². The number of rotatable bonds is 17. The second-order valence-corrected chi connectivity index (χ2v) is 10.3. The molecule has 0 bridgehead atoms. The highest BCUT2D eigenvalue weighted by atomic mass is 16.5. The van der Waals surface area contributed by atoms with Crippen LogP contribution in [-0.4, -0.2) is 35.5 Å². The number of ether oxygens (including phenoxy) is 1. The molecule has 2 heterocycles. The lowest BCUT2D eigenvalue weighted by Crippen LogP contribution is -2.36. The second-order valence-electron chi connectivity index (χ2n) is 10.3. The van der Waals surface area contributed by atoms with E-state index in [1.54, 1.807) is 7.11 Å². The minimum atomic E-state index is 0.320. The van der Waals surface area contributed by atoms with Crippen molar-refractivity contribution in [2.45, 2.75) is 109 Å². The Kier molecular flexibility index (Phi) is 12.7. The lowest BCUT2D eigenvalue weighted by Gasteiger charge is -2.25. The molecule has 198 valence electrons. The number of aromatic amines is 1. The highest BCUT2D eigenvalue weighted by Crippen LogP contribution is 2.28. The highest BCUT2D eigenvalue weighted by molar-refractivity contribution is 5.85. The lowest BCUT2D eigenvalue weighted by atomic mass is 10.0. The minimum Gasteiger partial charge on any atom is -0.497 e. The summed E-state index contributed by atoms with van der Waals surface area (Å²) in [5.41, 5.74) is 2.41. The number of carbonyl (C=O) groups excluding carboxylic acids is 1. The Hall–Kier alpha value is -2.49. The molecular weight excluding hydrogens is 444 g/mol. The van der Waals surface area contributed by atoms with Crippen molar-refractivity contribution in [3.63, 3.8) is 0 Å². The van der Waals surface area contributed by atoms with Crippen LogP contribution in [0.4, 0.5) is 0 Å². The molecule has 2 aromatic rings. The number of hydrogen-bond donors (Lipinski definition) is 1. The van der Waals surface area contributed by atoms with Gasteiger partial charge in [0.05, 0.1) is 7.11 Å². The van der Waals surface area contributed by atoms with Crippen molar-refractivity contribution in [1.29, 1.82) is 0 Å². The first-order chi connectivity index (χ1) is 17.7. The molecule has 0 saturated carbocycles. The van der Waals surface area contributed by atoms with Crippen LogP contribution in [0.15, 0.2) is 48.7 Å². The number of carbonyl (C=O) groups is 1. The van der Waals surface area contributed by atoms with Crippen LogP contribution in [0.1, 0.15) is 102 Å². The van der Waals surface area contributed by atoms with Crippen LogP contribution < -0.4 is 4.74 Å². The Morgan fingerprint density at radius 2 is 1.78 bits per heavy atom. The number of aromatic nitrogens is 1.